The van der Waals surface area contributed by atoms with E-state index in [-0.39, 0.29) is 5.69 Å². The van der Waals surface area contributed by atoms with Crippen LogP contribution in [0.2, 0.25) is 5.02 Å². The second kappa shape index (κ2) is 5.94. The number of rotatable bonds is 4. The molecule has 108 valence electrons. The lowest BCUT2D eigenvalue weighted by Gasteiger charge is -2.06. The fourth-order valence-electron chi connectivity index (χ4n) is 2.20. The van der Waals surface area contributed by atoms with Gasteiger partial charge in [-0.05, 0) is 31.0 Å². The summed E-state index contributed by atoms with van der Waals surface area (Å²) in [5.41, 5.74) is 1.99. The van der Waals surface area contributed by atoms with Gasteiger partial charge in [0.1, 0.15) is 17.5 Å². The van der Waals surface area contributed by atoms with Gasteiger partial charge in [-0.25, -0.2) is 4.68 Å². The maximum absolute atomic E-state index is 11.3. The number of nitrogens with zero attached hydrogens (tertiary/aromatic N) is 4. The molecule has 0 saturated heterocycles. The molecule has 1 aromatic heterocycles. The van der Waals surface area contributed by atoms with Gasteiger partial charge >= 0.3 is 5.69 Å². The minimum Gasteiger partial charge on any atom is -0.258 e. The fraction of sp³-hybridized carbons (Fsp3) is 0.286. The monoisotopic (exact) mass is 304 g/mol. The lowest BCUT2D eigenvalue weighted by molar-refractivity contribution is -0.386. The van der Waals surface area contributed by atoms with Crippen LogP contribution in [0.25, 0.3) is 5.69 Å². The van der Waals surface area contributed by atoms with E-state index in [0.29, 0.717) is 40.5 Å². The third-order valence-corrected chi connectivity index (χ3v) is 3.51. The van der Waals surface area contributed by atoms with E-state index in [1.165, 1.54) is 4.68 Å². The Morgan fingerprint density at radius 2 is 2.14 bits per heavy atom. The summed E-state index contributed by atoms with van der Waals surface area (Å²) in [6.07, 6.45) is 0.946. The van der Waals surface area contributed by atoms with Crippen LogP contribution in [0.5, 0.6) is 0 Å². The number of benzene rings is 1. The highest BCUT2D eigenvalue weighted by molar-refractivity contribution is 6.31. The predicted octanol–water partition coefficient (Wildman–Crippen LogP) is 3.43. The minimum atomic E-state index is -0.396. The van der Waals surface area contributed by atoms with E-state index in [0.717, 1.165) is 0 Å². The maximum Gasteiger partial charge on any atom is 0.313 e. The Kier molecular flexibility index (Phi) is 4.24. The first-order chi connectivity index (χ1) is 10.0. The topological polar surface area (TPSA) is 84.8 Å². The number of aryl methyl sites for hydroxylation is 1. The van der Waals surface area contributed by atoms with Gasteiger partial charge in [0.2, 0.25) is 0 Å². The van der Waals surface area contributed by atoms with Crippen molar-refractivity contribution >= 4 is 17.3 Å². The Hall–Kier alpha value is -2.39. The summed E-state index contributed by atoms with van der Waals surface area (Å²) >= 11 is 6.02. The lowest BCUT2D eigenvalue weighted by Crippen LogP contribution is -2.03. The Morgan fingerprint density at radius 3 is 2.62 bits per heavy atom. The smallest absolute Gasteiger partial charge is 0.258 e. The molecule has 0 radical (unpaired) electrons. The lowest BCUT2D eigenvalue weighted by atomic mass is 10.2. The second-order valence-electron chi connectivity index (χ2n) is 4.39. The standard InChI is InChI=1S/C14H13ClN4O2/c1-3-12-14(19(20)21)13(4-2)18(17-12)10-6-5-9(8-16)11(15)7-10/h5-7H,3-4H2,1-2H3. The molecule has 0 unspecified atom stereocenters. The Morgan fingerprint density at radius 1 is 1.43 bits per heavy atom. The van der Waals surface area contributed by atoms with Gasteiger partial charge < -0.3 is 0 Å². The molecular weight excluding hydrogens is 292 g/mol. The number of halogens is 1. The molecular formula is C14H13ClN4O2. The van der Waals surface area contributed by atoms with Gasteiger partial charge in [-0.3, -0.25) is 10.1 Å². The van der Waals surface area contributed by atoms with Crippen molar-refractivity contribution in [2.24, 2.45) is 0 Å². The zero-order valence-corrected chi connectivity index (χ0v) is 12.4. The number of hydrogen-bond donors (Lipinski definition) is 0. The zero-order valence-electron chi connectivity index (χ0n) is 11.6. The Bertz CT molecular complexity index is 746. The molecule has 0 atom stereocenters. The number of aromatic nitrogens is 2. The van der Waals surface area contributed by atoms with Crippen LogP contribution < -0.4 is 0 Å². The van der Waals surface area contributed by atoms with Crippen molar-refractivity contribution in [1.82, 2.24) is 9.78 Å². The molecule has 1 heterocycles. The molecule has 2 rings (SSSR count). The highest BCUT2D eigenvalue weighted by Crippen LogP contribution is 2.28. The van der Waals surface area contributed by atoms with Crippen LogP contribution in [0, 0.1) is 21.4 Å². The molecule has 0 aliphatic carbocycles. The summed E-state index contributed by atoms with van der Waals surface area (Å²) in [4.78, 5) is 10.9. The summed E-state index contributed by atoms with van der Waals surface area (Å²) in [5, 5.41) is 24.8. The minimum absolute atomic E-state index is 0.0560. The van der Waals surface area contributed by atoms with Crippen molar-refractivity contribution in [3.8, 4) is 11.8 Å². The van der Waals surface area contributed by atoms with Crippen molar-refractivity contribution in [1.29, 1.82) is 5.26 Å². The first-order valence-electron chi connectivity index (χ1n) is 6.48. The summed E-state index contributed by atoms with van der Waals surface area (Å²) in [7, 11) is 0. The summed E-state index contributed by atoms with van der Waals surface area (Å²) in [5.74, 6) is 0. The zero-order chi connectivity index (χ0) is 15.6. The van der Waals surface area contributed by atoms with E-state index >= 15 is 0 Å². The van der Waals surface area contributed by atoms with Gasteiger partial charge in [0, 0.05) is 0 Å². The first kappa shape index (κ1) is 15.0. The number of hydrogen-bond acceptors (Lipinski definition) is 4. The predicted molar refractivity (Wildman–Crippen MR) is 78.7 cm³/mol. The Labute approximate surface area is 126 Å². The highest BCUT2D eigenvalue weighted by atomic mass is 35.5. The van der Waals surface area contributed by atoms with Crippen molar-refractivity contribution in [2.75, 3.05) is 0 Å². The summed E-state index contributed by atoms with van der Waals surface area (Å²) < 4.78 is 1.53. The maximum atomic E-state index is 11.3. The fourth-order valence-corrected chi connectivity index (χ4v) is 2.42. The van der Waals surface area contributed by atoms with Crippen LogP contribution in [-0.2, 0) is 12.8 Å². The van der Waals surface area contributed by atoms with Crippen LogP contribution in [0.15, 0.2) is 18.2 Å². The molecule has 0 bridgehead atoms. The Balaban J connectivity index is 2.67. The van der Waals surface area contributed by atoms with E-state index in [2.05, 4.69) is 5.10 Å². The summed E-state index contributed by atoms with van der Waals surface area (Å²) in [6, 6.07) is 6.83. The van der Waals surface area contributed by atoms with Crippen molar-refractivity contribution in [3.05, 3.63) is 50.3 Å². The molecule has 0 amide bonds. The van der Waals surface area contributed by atoms with Crippen molar-refractivity contribution in [3.63, 3.8) is 0 Å². The molecule has 0 aliphatic rings. The molecule has 21 heavy (non-hydrogen) atoms. The SMILES string of the molecule is CCc1nn(-c2ccc(C#N)c(Cl)c2)c(CC)c1[N+](=O)[O-]. The van der Waals surface area contributed by atoms with Gasteiger partial charge in [0.15, 0.2) is 0 Å². The van der Waals surface area contributed by atoms with Gasteiger partial charge in [-0.2, -0.15) is 10.4 Å². The quantitative estimate of drug-likeness (QED) is 0.639. The van der Waals surface area contributed by atoms with E-state index in [1.54, 1.807) is 18.2 Å². The molecule has 0 spiro atoms. The second-order valence-corrected chi connectivity index (χ2v) is 4.80. The van der Waals surface area contributed by atoms with E-state index in [4.69, 9.17) is 16.9 Å². The summed E-state index contributed by atoms with van der Waals surface area (Å²) in [6.45, 7) is 3.66. The molecule has 7 heteroatoms. The van der Waals surface area contributed by atoms with Crippen LogP contribution in [0.1, 0.15) is 30.8 Å². The molecule has 2 aromatic rings. The van der Waals surface area contributed by atoms with Gasteiger partial charge in [0.25, 0.3) is 0 Å². The molecule has 0 fully saturated rings. The highest BCUT2D eigenvalue weighted by Gasteiger charge is 2.26. The van der Waals surface area contributed by atoms with Gasteiger partial charge in [0.05, 0.1) is 21.2 Å². The average molecular weight is 305 g/mol. The largest absolute Gasteiger partial charge is 0.313 e. The van der Waals surface area contributed by atoms with Crippen molar-refractivity contribution < 1.29 is 4.92 Å². The molecule has 0 aliphatic heterocycles. The number of nitriles is 1. The third kappa shape index (κ3) is 2.60. The molecule has 0 saturated carbocycles. The molecule has 1 aromatic carbocycles. The van der Waals surface area contributed by atoms with Crippen LogP contribution >= 0.6 is 11.6 Å². The van der Waals surface area contributed by atoms with Crippen molar-refractivity contribution in [2.45, 2.75) is 26.7 Å². The normalized spacial score (nSPS) is 10.4. The van der Waals surface area contributed by atoms with E-state index in [9.17, 15) is 10.1 Å². The molecule has 6 nitrogen and oxygen atoms in total. The van der Waals surface area contributed by atoms with E-state index < -0.39 is 4.92 Å². The van der Waals surface area contributed by atoms with Crippen LogP contribution in [0.4, 0.5) is 5.69 Å². The van der Waals surface area contributed by atoms with Gasteiger partial charge in [-0.15, -0.1) is 0 Å². The third-order valence-electron chi connectivity index (χ3n) is 3.19. The molecule has 0 N–H and O–H groups in total. The number of nitro groups is 1. The van der Waals surface area contributed by atoms with Crippen LogP contribution in [-0.4, -0.2) is 14.7 Å². The van der Waals surface area contributed by atoms with Crippen LogP contribution in [0.3, 0.4) is 0 Å². The van der Waals surface area contributed by atoms with E-state index in [1.807, 2.05) is 19.9 Å². The van der Waals surface area contributed by atoms with Gasteiger partial charge in [-0.1, -0.05) is 25.4 Å². The first-order valence-corrected chi connectivity index (χ1v) is 6.86. The average Bonchev–Trinajstić information content (AvgIpc) is 2.85.